The van der Waals surface area contributed by atoms with E-state index in [1.807, 2.05) is 0 Å². The van der Waals surface area contributed by atoms with Gasteiger partial charge >= 0.3 is 5.97 Å². The second kappa shape index (κ2) is 13.1. The van der Waals surface area contributed by atoms with Crippen LogP contribution in [0.2, 0.25) is 0 Å². The number of ketones is 1. The van der Waals surface area contributed by atoms with Crippen molar-refractivity contribution in [2.24, 2.45) is 5.92 Å². The highest BCUT2D eigenvalue weighted by molar-refractivity contribution is 7.98. The van der Waals surface area contributed by atoms with Gasteiger partial charge < -0.3 is 40.5 Å². The minimum Gasteiger partial charge on any atom is -0.481 e. The van der Waals surface area contributed by atoms with E-state index in [4.69, 9.17) is 19.7 Å². The van der Waals surface area contributed by atoms with Gasteiger partial charge in [0, 0.05) is 25.1 Å². The monoisotopic (exact) mass is 438 g/mol. The number of aliphatic hydroxyl groups is 3. The van der Waals surface area contributed by atoms with Crippen molar-refractivity contribution in [2.75, 3.05) is 38.8 Å². The van der Waals surface area contributed by atoms with Crippen LogP contribution in [0.1, 0.15) is 12.8 Å². The number of hydrogen-bond acceptors (Lipinski definition) is 10. The van der Waals surface area contributed by atoms with Gasteiger partial charge in [0.05, 0.1) is 24.7 Å². The molecule has 0 bridgehead atoms. The third-order valence-corrected chi connectivity index (χ3v) is 5.26. The van der Waals surface area contributed by atoms with E-state index < -0.39 is 61.7 Å². The van der Waals surface area contributed by atoms with Gasteiger partial charge in [-0.15, -0.1) is 0 Å². The third-order valence-electron chi connectivity index (χ3n) is 4.52. The predicted octanol–water partition coefficient (Wildman–Crippen LogP) is -2.44. The number of nitrogens with one attached hydrogen (secondary N) is 2. The molecule has 0 aromatic carbocycles. The Bertz CT molecular complexity index is 551. The van der Waals surface area contributed by atoms with Gasteiger partial charge in [-0.1, -0.05) is 0 Å². The molecule has 6 atom stereocenters. The van der Waals surface area contributed by atoms with Gasteiger partial charge in [-0.3, -0.25) is 14.4 Å². The lowest BCUT2D eigenvalue weighted by Crippen LogP contribution is -2.51. The van der Waals surface area contributed by atoms with Crippen molar-refractivity contribution in [3.05, 3.63) is 0 Å². The highest BCUT2D eigenvalue weighted by Crippen LogP contribution is 2.21. The lowest BCUT2D eigenvalue weighted by Gasteiger charge is -2.35. The number of Topliss-reactive ketones (excluding diaryl/α,β-unsaturated/α-hetero) is 1. The average molecular weight is 438 g/mol. The molecule has 0 aromatic heterocycles. The second-order valence-corrected chi connectivity index (χ2v) is 7.61. The van der Waals surface area contributed by atoms with Crippen LogP contribution < -0.4 is 10.6 Å². The number of carboxylic acids is 1. The number of rotatable bonds is 13. The summed E-state index contributed by atoms with van der Waals surface area (Å²) in [7, 11) is 1.53. The molecule has 1 fully saturated rings. The molecule has 12 heteroatoms. The first-order valence-electron chi connectivity index (χ1n) is 9.15. The van der Waals surface area contributed by atoms with Crippen molar-refractivity contribution in [2.45, 2.75) is 43.5 Å². The van der Waals surface area contributed by atoms with Crippen LogP contribution in [0.25, 0.3) is 0 Å². The van der Waals surface area contributed by atoms with E-state index in [2.05, 4.69) is 10.6 Å². The number of aliphatic carboxylic acids is 1. The molecular formula is C17H30N2O9S. The van der Waals surface area contributed by atoms with Crippen molar-refractivity contribution in [1.82, 2.24) is 10.6 Å². The number of likely N-dealkylation sites (N-methyl/N-ethyl adjacent to an activating group) is 1. The van der Waals surface area contributed by atoms with Crippen LogP contribution in [0, 0.1) is 5.92 Å². The van der Waals surface area contributed by atoms with E-state index in [0.29, 0.717) is 5.75 Å². The quantitative estimate of drug-likeness (QED) is 0.180. The van der Waals surface area contributed by atoms with Crippen LogP contribution in [-0.4, -0.2) is 108 Å². The summed E-state index contributed by atoms with van der Waals surface area (Å²) < 4.78 is 10.5. The number of carbonyl (C=O) groups is 3. The van der Waals surface area contributed by atoms with E-state index in [1.165, 1.54) is 18.8 Å². The topological polar surface area (TPSA) is 175 Å². The molecule has 0 saturated carbocycles. The molecule has 168 valence electrons. The summed E-state index contributed by atoms with van der Waals surface area (Å²) in [6.45, 7) is -0.972. The average Bonchev–Trinajstić information content (AvgIpc) is 2.68. The Morgan fingerprint density at radius 2 is 2.00 bits per heavy atom. The van der Waals surface area contributed by atoms with Crippen LogP contribution in [0.4, 0.5) is 0 Å². The van der Waals surface area contributed by atoms with E-state index in [0.717, 1.165) is 0 Å². The van der Waals surface area contributed by atoms with Crippen molar-refractivity contribution >= 4 is 29.4 Å². The highest BCUT2D eigenvalue weighted by Gasteiger charge is 2.37. The Morgan fingerprint density at radius 3 is 2.55 bits per heavy atom. The van der Waals surface area contributed by atoms with Gasteiger partial charge in [0.15, 0.2) is 12.1 Å². The fraction of sp³-hybridized carbons (Fsp3) is 0.824. The molecule has 0 radical (unpaired) electrons. The summed E-state index contributed by atoms with van der Waals surface area (Å²) in [4.78, 5) is 35.5. The lowest BCUT2D eigenvalue weighted by molar-refractivity contribution is -0.255. The van der Waals surface area contributed by atoms with Crippen LogP contribution in [0.3, 0.4) is 0 Å². The minimum absolute atomic E-state index is 0.0464. The Labute approximate surface area is 173 Å². The molecule has 1 aliphatic heterocycles. The van der Waals surface area contributed by atoms with E-state index in [1.54, 1.807) is 6.26 Å². The second-order valence-electron chi connectivity index (χ2n) is 6.70. The van der Waals surface area contributed by atoms with Crippen molar-refractivity contribution in [3.63, 3.8) is 0 Å². The molecule has 1 saturated heterocycles. The minimum atomic E-state index is -1.24. The van der Waals surface area contributed by atoms with Crippen LogP contribution >= 0.6 is 11.8 Å². The summed E-state index contributed by atoms with van der Waals surface area (Å²) in [5, 5.41) is 42.9. The standard InChI is InChI=1S/C17H30N2O9S/c1-18-10(11(21)3-9(8-29-2)17(25)26)5-19-14(23)7-27-15-4-12(22)16(24)13(6-20)28-15/h9-10,12-13,15-16,18,20,22,24H,3-8H2,1-2H3,(H,19,23)(H,25,26)/t9-,10+,12-,13?,15?,16?/m1/s1. The molecule has 1 rings (SSSR count). The van der Waals surface area contributed by atoms with Crippen molar-refractivity contribution in [3.8, 4) is 0 Å². The number of thioether (sulfide) groups is 1. The number of aliphatic hydroxyl groups excluding tert-OH is 3. The SMILES string of the molecule is CN[C@@H](CNC(=O)COC1C[C@@H](O)C(O)C(CO)O1)C(=O)C[C@H](CSC)C(=O)O. The van der Waals surface area contributed by atoms with Crippen molar-refractivity contribution in [1.29, 1.82) is 0 Å². The summed E-state index contributed by atoms with van der Waals surface area (Å²) in [5.41, 5.74) is 0. The molecule has 29 heavy (non-hydrogen) atoms. The largest absolute Gasteiger partial charge is 0.481 e. The molecule has 1 aliphatic rings. The van der Waals surface area contributed by atoms with Gasteiger partial charge in [-0.05, 0) is 13.3 Å². The van der Waals surface area contributed by atoms with Gasteiger partial charge in [-0.2, -0.15) is 11.8 Å². The summed E-state index contributed by atoms with van der Waals surface area (Å²) >= 11 is 1.34. The van der Waals surface area contributed by atoms with E-state index in [-0.39, 0.29) is 25.2 Å². The smallest absolute Gasteiger partial charge is 0.307 e. The maximum Gasteiger partial charge on any atom is 0.307 e. The zero-order valence-electron chi connectivity index (χ0n) is 16.4. The Kier molecular flexibility index (Phi) is 11.6. The van der Waals surface area contributed by atoms with Crippen LogP contribution in [0.15, 0.2) is 0 Å². The maximum absolute atomic E-state index is 12.3. The molecule has 3 unspecified atom stereocenters. The Hall–Kier alpha value is -1.28. The summed E-state index contributed by atoms with van der Waals surface area (Å²) in [6, 6.07) is -0.746. The molecule has 0 spiro atoms. The van der Waals surface area contributed by atoms with E-state index >= 15 is 0 Å². The molecule has 11 nitrogen and oxygen atoms in total. The summed E-state index contributed by atoms with van der Waals surface area (Å²) in [6.07, 6.45) is -2.82. The molecule has 1 amide bonds. The molecular weight excluding hydrogens is 408 g/mol. The number of carbonyl (C=O) groups excluding carboxylic acids is 2. The number of ether oxygens (including phenoxy) is 2. The summed E-state index contributed by atoms with van der Waals surface area (Å²) in [5.74, 6) is -2.39. The van der Waals surface area contributed by atoms with Gasteiger partial charge in [0.25, 0.3) is 0 Å². The van der Waals surface area contributed by atoms with Gasteiger partial charge in [0.2, 0.25) is 5.91 Å². The molecule has 0 aromatic rings. The van der Waals surface area contributed by atoms with Gasteiger partial charge in [-0.25, -0.2) is 0 Å². The zero-order chi connectivity index (χ0) is 22.0. The fourth-order valence-electron chi connectivity index (χ4n) is 2.79. The maximum atomic E-state index is 12.3. The first-order valence-corrected chi connectivity index (χ1v) is 10.5. The lowest BCUT2D eigenvalue weighted by atomic mass is 10.00. The predicted molar refractivity (Wildman–Crippen MR) is 103 cm³/mol. The number of hydrogen-bond donors (Lipinski definition) is 6. The van der Waals surface area contributed by atoms with E-state index in [9.17, 15) is 24.6 Å². The first kappa shape index (κ1) is 25.8. The number of carboxylic acid groups (broad SMARTS) is 1. The normalized spacial score (nSPS) is 26.5. The van der Waals surface area contributed by atoms with Crippen molar-refractivity contribution < 1.29 is 44.3 Å². The Morgan fingerprint density at radius 1 is 1.31 bits per heavy atom. The third kappa shape index (κ3) is 8.54. The first-order chi connectivity index (χ1) is 13.7. The molecule has 0 aliphatic carbocycles. The highest BCUT2D eigenvalue weighted by atomic mass is 32.2. The fourth-order valence-corrected chi connectivity index (χ4v) is 3.45. The van der Waals surface area contributed by atoms with Gasteiger partial charge in [0.1, 0.15) is 18.8 Å². The Balaban J connectivity index is 2.43. The van der Waals surface area contributed by atoms with Crippen LogP contribution in [-0.2, 0) is 23.9 Å². The zero-order valence-corrected chi connectivity index (χ0v) is 17.3. The molecule has 6 N–H and O–H groups in total. The number of amides is 1. The molecule has 1 heterocycles. The van der Waals surface area contributed by atoms with Crippen LogP contribution in [0.5, 0.6) is 0 Å².